The molecule has 0 aliphatic carbocycles. The minimum absolute atomic E-state index is 0.0530. The van der Waals surface area contributed by atoms with Crippen LogP contribution in [-0.2, 0) is 10.9 Å². The average Bonchev–Trinajstić information content (AvgIpc) is 2.37. The molecular formula is C13H12F3NO3. The highest BCUT2D eigenvalue weighted by Gasteiger charge is 2.34. The van der Waals surface area contributed by atoms with Crippen LogP contribution in [0.15, 0.2) is 29.2 Å². The Morgan fingerprint density at radius 3 is 2.70 bits per heavy atom. The normalized spacial score (nSPS) is 13.7. The Morgan fingerprint density at radius 2 is 2.10 bits per heavy atom. The zero-order chi connectivity index (χ0) is 14.9. The molecule has 0 bridgehead atoms. The highest BCUT2D eigenvalue weighted by Crippen LogP contribution is 2.33. The largest absolute Gasteiger partial charge is 0.417 e. The molecule has 0 aliphatic heterocycles. The average molecular weight is 287 g/mol. The number of H-pyrrole nitrogens is 1. The number of aliphatic hydroxyl groups excluding tert-OH is 1. The van der Waals surface area contributed by atoms with Crippen molar-refractivity contribution >= 4 is 10.9 Å². The summed E-state index contributed by atoms with van der Waals surface area (Å²) in [5.41, 5.74) is -2.14. The van der Waals surface area contributed by atoms with Gasteiger partial charge in [-0.25, -0.2) is 0 Å². The topological polar surface area (TPSA) is 62.3 Å². The number of ether oxygens (including phenoxy) is 1. The van der Waals surface area contributed by atoms with Crippen LogP contribution in [-0.4, -0.2) is 16.7 Å². The molecule has 4 nitrogen and oxygen atoms in total. The molecule has 20 heavy (non-hydrogen) atoms. The first-order valence-corrected chi connectivity index (χ1v) is 5.87. The van der Waals surface area contributed by atoms with Gasteiger partial charge in [0.1, 0.15) is 0 Å². The number of pyridine rings is 1. The molecule has 1 heterocycles. The zero-order valence-electron chi connectivity index (χ0n) is 10.5. The Labute approximate surface area is 111 Å². The number of aliphatic hydroxyl groups is 1. The van der Waals surface area contributed by atoms with Gasteiger partial charge in [-0.3, -0.25) is 4.79 Å². The number of benzene rings is 1. The van der Waals surface area contributed by atoms with Gasteiger partial charge in [-0.1, -0.05) is 6.07 Å². The van der Waals surface area contributed by atoms with Crippen molar-refractivity contribution in [3.63, 3.8) is 0 Å². The van der Waals surface area contributed by atoms with Crippen LogP contribution >= 0.6 is 0 Å². The summed E-state index contributed by atoms with van der Waals surface area (Å²) >= 11 is 0. The van der Waals surface area contributed by atoms with Gasteiger partial charge in [0.05, 0.1) is 16.5 Å². The third-order valence-corrected chi connectivity index (χ3v) is 2.83. The van der Waals surface area contributed by atoms with Crippen molar-refractivity contribution in [2.24, 2.45) is 0 Å². The summed E-state index contributed by atoms with van der Waals surface area (Å²) in [6.45, 7) is 1.72. The highest BCUT2D eigenvalue weighted by atomic mass is 19.4. The smallest absolute Gasteiger partial charge is 0.364 e. The lowest BCUT2D eigenvalue weighted by Crippen LogP contribution is -2.19. The number of aromatic nitrogens is 1. The molecule has 7 heteroatoms. The van der Waals surface area contributed by atoms with Crippen LogP contribution in [0.4, 0.5) is 13.2 Å². The van der Waals surface area contributed by atoms with E-state index in [0.717, 1.165) is 12.3 Å². The number of fused-ring (bicyclic) bond motifs is 1. The third-order valence-electron chi connectivity index (χ3n) is 2.83. The summed E-state index contributed by atoms with van der Waals surface area (Å²) in [4.78, 5) is 14.7. The van der Waals surface area contributed by atoms with Crippen molar-refractivity contribution in [3.8, 4) is 0 Å². The maximum atomic E-state index is 12.9. The van der Waals surface area contributed by atoms with Crippen molar-refractivity contribution in [2.45, 2.75) is 19.4 Å². The van der Waals surface area contributed by atoms with Crippen molar-refractivity contribution < 1.29 is 23.0 Å². The lowest BCUT2D eigenvalue weighted by atomic mass is 10.1. The van der Waals surface area contributed by atoms with Crippen LogP contribution < -0.4 is 5.43 Å². The molecule has 1 aromatic heterocycles. The standard InChI is InChI=1S/C13H12F3NO3/c1-2-20-12(19)7-6-17-9-5-3-4-8(13(14,15)16)10(9)11(7)18/h3-6,12,19H,2H2,1H3,(H,17,18). The Hall–Kier alpha value is -1.86. The van der Waals surface area contributed by atoms with Crippen molar-refractivity contribution in [3.05, 3.63) is 45.7 Å². The molecule has 108 valence electrons. The van der Waals surface area contributed by atoms with Crippen LogP contribution in [0.3, 0.4) is 0 Å². The molecule has 0 aliphatic rings. The van der Waals surface area contributed by atoms with E-state index < -0.39 is 28.8 Å². The second-order valence-corrected chi connectivity index (χ2v) is 4.11. The van der Waals surface area contributed by atoms with Crippen LogP contribution in [0.25, 0.3) is 10.9 Å². The van der Waals surface area contributed by atoms with Gasteiger partial charge in [0, 0.05) is 18.3 Å². The Balaban J connectivity index is 2.74. The Bertz CT molecular complexity index is 679. The first-order valence-electron chi connectivity index (χ1n) is 5.87. The fourth-order valence-electron chi connectivity index (χ4n) is 1.95. The van der Waals surface area contributed by atoms with E-state index in [1.54, 1.807) is 6.92 Å². The molecule has 0 fully saturated rings. The molecule has 1 unspecified atom stereocenters. The molecule has 0 saturated heterocycles. The number of aromatic amines is 1. The maximum absolute atomic E-state index is 12.9. The zero-order valence-corrected chi connectivity index (χ0v) is 10.5. The molecule has 2 N–H and O–H groups in total. The first kappa shape index (κ1) is 14.5. The minimum atomic E-state index is -4.65. The number of hydrogen-bond acceptors (Lipinski definition) is 3. The maximum Gasteiger partial charge on any atom is 0.417 e. The lowest BCUT2D eigenvalue weighted by Gasteiger charge is -2.13. The van der Waals surface area contributed by atoms with E-state index in [1.807, 2.05) is 0 Å². The van der Waals surface area contributed by atoms with Crippen molar-refractivity contribution in [1.82, 2.24) is 4.98 Å². The third kappa shape index (κ3) is 2.54. The van der Waals surface area contributed by atoms with E-state index in [9.17, 15) is 23.1 Å². The summed E-state index contributed by atoms with van der Waals surface area (Å²) in [5, 5.41) is 9.13. The van der Waals surface area contributed by atoms with Crippen LogP contribution in [0, 0.1) is 0 Å². The van der Waals surface area contributed by atoms with Crippen LogP contribution in [0.5, 0.6) is 0 Å². The molecule has 0 saturated carbocycles. The van der Waals surface area contributed by atoms with Crippen LogP contribution in [0.2, 0.25) is 0 Å². The van der Waals surface area contributed by atoms with E-state index in [-0.39, 0.29) is 17.7 Å². The van der Waals surface area contributed by atoms with Crippen LogP contribution in [0.1, 0.15) is 24.3 Å². The molecule has 1 aromatic carbocycles. The monoisotopic (exact) mass is 287 g/mol. The van der Waals surface area contributed by atoms with Gasteiger partial charge < -0.3 is 14.8 Å². The molecule has 1 atom stereocenters. The van der Waals surface area contributed by atoms with Crippen molar-refractivity contribution in [1.29, 1.82) is 0 Å². The van der Waals surface area contributed by atoms with E-state index in [4.69, 9.17) is 4.74 Å². The van der Waals surface area contributed by atoms with E-state index in [1.165, 1.54) is 12.1 Å². The fraction of sp³-hybridized carbons (Fsp3) is 0.308. The molecular weight excluding hydrogens is 275 g/mol. The quantitative estimate of drug-likeness (QED) is 0.853. The molecule has 0 spiro atoms. The Kier molecular flexibility index (Phi) is 3.82. The fourth-order valence-corrected chi connectivity index (χ4v) is 1.95. The van der Waals surface area contributed by atoms with Gasteiger partial charge in [0.15, 0.2) is 11.7 Å². The molecule has 0 radical (unpaired) electrons. The number of hydrogen-bond donors (Lipinski definition) is 2. The van der Waals surface area contributed by atoms with Gasteiger partial charge in [0.2, 0.25) is 0 Å². The lowest BCUT2D eigenvalue weighted by molar-refractivity contribution is -0.136. The SMILES string of the molecule is CCOC(O)c1c[nH]c2cccc(C(F)(F)F)c2c1=O. The first-order chi connectivity index (χ1) is 9.36. The summed E-state index contributed by atoms with van der Waals surface area (Å²) in [6.07, 6.45) is -5.05. The van der Waals surface area contributed by atoms with Gasteiger partial charge in [0.25, 0.3) is 0 Å². The van der Waals surface area contributed by atoms with E-state index in [0.29, 0.717) is 0 Å². The van der Waals surface area contributed by atoms with E-state index in [2.05, 4.69) is 4.98 Å². The summed E-state index contributed by atoms with van der Waals surface area (Å²) < 4.78 is 43.6. The second kappa shape index (κ2) is 5.26. The Morgan fingerprint density at radius 1 is 1.40 bits per heavy atom. The van der Waals surface area contributed by atoms with Gasteiger partial charge >= 0.3 is 6.18 Å². The van der Waals surface area contributed by atoms with E-state index >= 15 is 0 Å². The number of nitrogens with one attached hydrogen (secondary N) is 1. The van der Waals surface area contributed by atoms with Gasteiger partial charge in [-0.2, -0.15) is 13.2 Å². The number of alkyl halides is 3. The summed E-state index contributed by atoms with van der Waals surface area (Å²) in [6, 6.07) is 3.40. The molecule has 2 aromatic rings. The summed E-state index contributed by atoms with van der Waals surface area (Å²) in [5.74, 6) is 0. The minimum Gasteiger partial charge on any atom is -0.364 e. The predicted molar refractivity (Wildman–Crippen MR) is 66.2 cm³/mol. The highest BCUT2D eigenvalue weighted by molar-refractivity contribution is 5.83. The van der Waals surface area contributed by atoms with Gasteiger partial charge in [-0.15, -0.1) is 0 Å². The molecule has 0 amide bonds. The van der Waals surface area contributed by atoms with Gasteiger partial charge in [-0.05, 0) is 19.1 Å². The summed E-state index contributed by atoms with van der Waals surface area (Å²) in [7, 11) is 0. The second-order valence-electron chi connectivity index (χ2n) is 4.11. The predicted octanol–water partition coefficient (Wildman–Crippen LogP) is 2.57. The molecule has 2 rings (SSSR count). The number of rotatable bonds is 3. The van der Waals surface area contributed by atoms with Crippen molar-refractivity contribution in [2.75, 3.05) is 6.61 Å². The number of halogens is 3.